The lowest BCUT2D eigenvalue weighted by molar-refractivity contribution is 0.517. The van der Waals surface area contributed by atoms with Gasteiger partial charge >= 0.3 is 0 Å². The van der Waals surface area contributed by atoms with Crippen LogP contribution >= 0.6 is 12.6 Å². The second-order valence-corrected chi connectivity index (χ2v) is 7.45. The number of benzene rings is 2. The van der Waals surface area contributed by atoms with Crippen molar-refractivity contribution in [2.75, 3.05) is 5.32 Å². The third-order valence-corrected chi connectivity index (χ3v) is 5.42. The van der Waals surface area contributed by atoms with Crippen molar-refractivity contribution in [3.05, 3.63) is 107 Å². The van der Waals surface area contributed by atoms with E-state index in [9.17, 15) is 4.79 Å². The Kier molecular flexibility index (Phi) is 4.80. The lowest BCUT2D eigenvalue weighted by Crippen LogP contribution is -2.23. The van der Waals surface area contributed by atoms with E-state index in [4.69, 9.17) is 4.42 Å². The highest BCUT2D eigenvalue weighted by molar-refractivity contribution is 7.80. The van der Waals surface area contributed by atoms with E-state index in [2.05, 4.69) is 34.6 Å². The van der Waals surface area contributed by atoms with E-state index >= 15 is 0 Å². The topological polar surface area (TPSA) is 72.4 Å². The number of thiol groups is 1. The molecule has 0 aliphatic heterocycles. The van der Waals surface area contributed by atoms with E-state index in [1.54, 1.807) is 6.26 Å². The van der Waals surface area contributed by atoms with Crippen molar-refractivity contribution in [3.63, 3.8) is 0 Å². The lowest BCUT2D eigenvalue weighted by Gasteiger charge is -2.14. The van der Waals surface area contributed by atoms with Gasteiger partial charge in [-0.05, 0) is 23.3 Å². The van der Waals surface area contributed by atoms with Crippen molar-refractivity contribution in [1.29, 1.82) is 0 Å². The zero-order valence-corrected chi connectivity index (χ0v) is 17.3. The van der Waals surface area contributed by atoms with Crippen LogP contribution in [0.25, 0.3) is 22.0 Å². The van der Waals surface area contributed by atoms with Crippen LogP contribution in [-0.4, -0.2) is 14.6 Å². The molecule has 0 unspecified atom stereocenters. The standard InChI is InChI=1S/C24H18N4O2S/c1-15(16-8-3-2-4-9-16)20-23(31)26-22-19-12-6-5-11-18(19)21(27-28(22)24(20)29)25-14-17-10-7-13-30-17/h2-13,31H,1,14H2,(H,25,27). The minimum atomic E-state index is -0.323. The molecule has 5 aromatic rings. The van der Waals surface area contributed by atoms with Crippen molar-refractivity contribution in [1.82, 2.24) is 14.6 Å². The molecule has 6 nitrogen and oxygen atoms in total. The zero-order chi connectivity index (χ0) is 21.4. The van der Waals surface area contributed by atoms with E-state index in [1.807, 2.05) is 66.7 Å². The van der Waals surface area contributed by atoms with E-state index in [0.29, 0.717) is 34.2 Å². The summed E-state index contributed by atoms with van der Waals surface area (Å²) in [5, 5.41) is 9.83. The third kappa shape index (κ3) is 3.39. The summed E-state index contributed by atoms with van der Waals surface area (Å²) in [6, 6.07) is 20.9. The Bertz CT molecular complexity index is 1480. The Hall–Kier alpha value is -3.84. The predicted molar refractivity (Wildman–Crippen MR) is 125 cm³/mol. The maximum Gasteiger partial charge on any atom is 0.283 e. The van der Waals surface area contributed by atoms with Gasteiger partial charge in [-0.25, -0.2) is 4.98 Å². The average Bonchev–Trinajstić information content (AvgIpc) is 3.32. The summed E-state index contributed by atoms with van der Waals surface area (Å²) in [6.07, 6.45) is 1.62. The maximum absolute atomic E-state index is 13.5. The van der Waals surface area contributed by atoms with Crippen molar-refractivity contribution >= 4 is 40.4 Å². The van der Waals surface area contributed by atoms with Crippen LogP contribution in [0.4, 0.5) is 5.82 Å². The molecule has 0 bridgehead atoms. The smallest absolute Gasteiger partial charge is 0.283 e. The Morgan fingerprint density at radius 2 is 1.77 bits per heavy atom. The highest BCUT2D eigenvalue weighted by Gasteiger charge is 2.18. The van der Waals surface area contributed by atoms with Gasteiger partial charge in [0.05, 0.1) is 18.4 Å². The number of hydrogen-bond acceptors (Lipinski definition) is 6. The summed E-state index contributed by atoms with van der Waals surface area (Å²) in [4.78, 5) is 18.1. The van der Waals surface area contributed by atoms with Gasteiger partial charge in [0, 0.05) is 10.8 Å². The normalized spacial score (nSPS) is 11.1. The summed E-state index contributed by atoms with van der Waals surface area (Å²) >= 11 is 4.53. The molecule has 1 N–H and O–H groups in total. The van der Waals surface area contributed by atoms with E-state index in [1.165, 1.54) is 4.52 Å². The molecular formula is C24H18N4O2S. The molecule has 0 saturated carbocycles. The van der Waals surface area contributed by atoms with Crippen molar-refractivity contribution in [2.24, 2.45) is 0 Å². The Morgan fingerprint density at radius 3 is 2.52 bits per heavy atom. The third-order valence-electron chi connectivity index (χ3n) is 5.10. The first kappa shape index (κ1) is 19.1. The van der Waals surface area contributed by atoms with Gasteiger partial charge in [0.25, 0.3) is 5.56 Å². The summed E-state index contributed by atoms with van der Waals surface area (Å²) < 4.78 is 6.72. The molecule has 0 saturated heterocycles. The molecule has 7 heteroatoms. The average molecular weight is 427 g/mol. The molecule has 0 radical (unpaired) electrons. The number of nitrogens with zero attached hydrogens (tertiary/aromatic N) is 3. The van der Waals surface area contributed by atoms with Crippen molar-refractivity contribution in [2.45, 2.75) is 11.6 Å². The summed E-state index contributed by atoms with van der Waals surface area (Å²) in [7, 11) is 0. The van der Waals surface area contributed by atoms with Gasteiger partial charge in [0.1, 0.15) is 10.8 Å². The van der Waals surface area contributed by atoms with E-state index < -0.39 is 0 Å². The number of anilines is 1. The molecule has 0 amide bonds. The fourth-order valence-corrected chi connectivity index (χ4v) is 3.89. The highest BCUT2D eigenvalue weighted by Crippen LogP contribution is 2.28. The molecule has 152 valence electrons. The van der Waals surface area contributed by atoms with Crippen LogP contribution in [0.5, 0.6) is 0 Å². The van der Waals surface area contributed by atoms with Gasteiger partial charge in [-0.15, -0.1) is 17.7 Å². The van der Waals surface area contributed by atoms with E-state index in [0.717, 1.165) is 22.1 Å². The highest BCUT2D eigenvalue weighted by atomic mass is 32.1. The number of furan rings is 1. The van der Waals surface area contributed by atoms with Gasteiger partial charge in [0.15, 0.2) is 11.5 Å². The molecule has 5 rings (SSSR count). The molecule has 0 atom stereocenters. The zero-order valence-electron chi connectivity index (χ0n) is 16.4. The van der Waals surface area contributed by atoms with Crippen LogP contribution in [0, 0.1) is 0 Å². The first-order valence-electron chi connectivity index (χ1n) is 9.69. The summed E-state index contributed by atoms with van der Waals surface area (Å²) in [6.45, 7) is 4.56. The van der Waals surface area contributed by atoms with Crippen molar-refractivity contribution in [3.8, 4) is 0 Å². The molecule has 0 aliphatic carbocycles. The number of hydrogen-bond donors (Lipinski definition) is 2. The SMILES string of the molecule is C=C(c1ccccc1)c1c(S)nc2c3ccccc3c(NCc3ccco3)nn2c1=O. The summed E-state index contributed by atoms with van der Waals surface area (Å²) in [5.74, 6) is 1.33. The predicted octanol–water partition coefficient (Wildman–Crippen LogP) is 4.80. The molecule has 31 heavy (non-hydrogen) atoms. The molecule has 2 aromatic carbocycles. The number of rotatable bonds is 5. The maximum atomic E-state index is 13.5. The molecule has 3 heterocycles. The molecule has 3 aromatic heterocycles. The van der Waals surface area contributed by atoms with Crippen LogP contribution in [0.2, 0.25) is 0 Å². The van der Waals surface area contributed by atoms with Gasteiger partial charge < -0.3 is 9.73 Å². The van der Waals surface area contributed by atoms with Gasteiger partial charge in [-0.2, -0.15) is 4.52 Å². The molecule has 0 aliphatic rings. The second-order valence-electron chi connectivity index (χ2n) is 7.02. The van der Waals surface area contributed by atoms with Crippen LogP contribution in [0.15, 0.2) is 93.8 Å². The van der Waals surface area contributed by atoms with Crippen LogP contribution in [0.1, 0.15) is 16.9 Å². The van der Waals surface area contributed by atoms with Gasteiger partial charge in [0.2, 0.25) is 0 Å². The molecular weight excluding hydrogens is 408 g/mol. The Morgan fingerprint density at radius 1 is 1.03 bits per heavy atom. The first-order chi connectivity index (χ1) is 15.1. The fourth-order valence-electron chi connectivity index (χ4n) is 3.57. The minimum absolute atomic E-state index is 0.321. The first-order valence-corrected chi connectivity index (χ1v) is 10.1. The summed E-state index contributed by atoms with van der Waals surface area (Å²) in [5.41, 5.74) is 1.83. The van der Waals surface area contributed by atoms with E-state index in [-0.39, 0.29) is 5.56 Å². The number of nitrogens with one attached hydrogen (secondary N) is 1. The number of aromatic nitrogens is 3. The molecule has 0 fully saturated rings. The Labute approximate surface area is 183 Å². The number of fused-ring (bicyclic) bond motifs is 3. The van der Waals surface area contributed by atoms with Crippen LogP contribution in [0.3, 0.4) is 0 Å². The quantitative estimate of drug-likeness (QED) is 0.240. The van der Waals surface area contributed by atoms with Crippen LogP contribution in [-0.2, 0) is 6.54 Å². The van der Waals surface area contributed by atoms with Gasteiger partial charge in [-0.3, -0.25) is 4.79 Å². The second kappa shape index (κ2) is 7.77. The molecule has 0 spiro atoms. The van der Waals surface area contributed by atoms with Crippen LogP contribution < -0.4 is 10.9 Å². The fraction of sp³-hybridized carbons (Fsp3) is 0.0417. The lowest BCUT2D eigenvalue weighted by atomic mass is 10.0. The van der Waals surface area contributed by atoms with Crippen molar-refractivity contribution < 1.29 is 4.42 Å². The Balaban J connectivity index is 1.72. The monoisotopic (exact) mass is 426 g/mol. The largest absolute Gasteiger partial charge is 0.467 e. The minimum Gasteiger partial charge on any atom is -0.467 e. The van der Waals surface area contributed by atoms with Gasteiger partial charge in [-0.1, -0.05) is 61.2 Å².